The van der Waals surface area contributed by atoms with Gasteiger partial charge in [0, 0.05) is 11.2 Å². The van der Waals surface area contributed by atoms with E-state index in [2.05, 4.69) is 0 Å². The van der Waals surface area contributed by atoms with E-state index in [0.717, 1.165) is 30.8 Å². The molecule has 1 unspecified atom stereocenters. The molecule has 0 aromatic carbocycles. The van der Waals surface area contributed by atoms with Crippen LogP contribution in [0.5, 0.6) is 0 Å². The number of aliphatic hydroxyl groups excluding tert-OH is 1. The molecule has 14 heavy (non-hydrogen) atoms. The van der Waals surface area contributed by atoms with E-state index >= 15 is 0 Å². The summed E-state index contributed by atoms with van der Waals surface area (Å²) in [6.45, 7) is 0.171. The largest absolute Gasteiger partial charge is 0.396 e. The highest BCUT2D eigenvalue weighted by atomic mass is 32.2. The van der Waals surface area contributed by atoms with Gasteiger partial charge in [-0.2, -0.15) is 11.8 Å². The van der Waals surface area contributed by atoms with Crippen molar-refractivity contribution in [3.05, 3.63) is 0 Å². The monoisotopic (exact) mass is 216 g/mol. The first-order chi connectivity index (χ1) is 6.72. The van der Waals surface area contributed by atoms with Crippen LogP contribution in [0.4, 0.5) is 0 Å². The van der Waals surface area contributed by atoms with Gasteiger partial charge in [0.1, 0.15) is 0 Å². The van der Waals surface area contributed by atoms with Gasteiger partial charge in [-0.15, -0.1) is 0 Å². The summed E-state index contributed by atoms with van der Waals surface area (Å²) in [7, 11) is 0. The van der Waals surface area contributed by atoms with Crippen LogP contribution in [0.2, 0.25) is 0 Å². The fourth-order valence-electron chi connectivity index (χ4n) is 2.97. The second-order valence-electron chi connectivity index (χ2n) is 4.83. The van der Waals surface area contributed by atoms with Crippen LogP contribution in [0.1, 0.15) is 38.5 Å². The fraction of sp³-hybridized carbons (Fsp3) is 1.00. The third-order valence-electron chi connectivity index (χ3n) is 4.10. The molecule has 0 amide bonds. The minimum Gasteiger partial charge on any atom is -0.396 e. The summed E-state index contributed by atoms with van der Waals surface area (Å²) in [5, 5.41) is 20.2. The van der Waals surface area contributed by atoms with Gasteiger partial charge in [0.05, 0.1) is 12.2 Å². The van der Waals surface area contributed by atoms with Gasteiger partial charge in [0.25, 0.3) is 0 Å². The summed E-state index contributed by atoms with van der Waals surface area (Å²) in [6, 6.07) is 0. The molecular formula is C11H20O2S. The zero-order valence-electron chi connectivity index (χ0n) is 8.67. The molecule has 1 saturated heterocycles. The van der Waals surface area contributed by atoms with Gasteiger partial charge in [-0.05, 0) is 25.0 Å². The number of aliphatic hydroxyl groups is 2. The molecule has 0 bridgehead atoms. The Bertz CT molecular complexity index is 193. The van der Waals surface area contributed by atoms with Crippen LogP contribution in [0, 0.1) is 5.41 Å². The van der Waals surface area contributed by atoms with Crippen LogP contribution in [-0.4, -0.2) is 33.9 Å². The highest BCUT2D eigenvalue weighted by Crippen LogP contribution is 2.50. The molecule has 0 radical (unpaired) electrons. The molecule has 1 aliphatic carbocycles. The van der Waals surface area contributed by atoms with E-state index in [1.807, 2.05) is 11.8 Å². The van der Waals surface area contributed by atoms with Gasteiger partial charge in [-0.1, -0.05) is 19.3 Å². The minimum absolute atomic E-state index is 0.171. The van der Waals surface area contributed by atoms with Crippen LogP contribution in [0.3, 0.4) is 0 Å². The molecule has 0 aromatic rings. The number of hydrogen-bond donors (Lipinski definition) is 2. The van der Waals surface area contributed by atoms with E-state index in [-0.39, 0.29) is 12.0 Å². The molecule has 2 rings (SSSR count). The van der Waals surface area contributed by atoms with Crippen molar-refractivity contribution in [2.45, 2.75) is 44.1 Å². The van der Waals surface area contributed by atoms with Gasteiger partial charge in [-0.3, -0.25) is 0 Å². The van der Waals surface area contributed by atoms with Gasteiger partial charge in [0.15, 0.2) is 0 Å². The second kappa shape index (κ2) is 4.03. The van der Waals surface area contributed by atoms with Gasteiger partial charge in [0.2, 0.25) is 0 Å². The van der Waals surface area contributed by atoms with Crippen LogP contribution >= 0.6 is 11.8 Å². The first-order valence-corrected chi connectivity index (χ1v) is 6.79. The first-order valence-electron chi connectivity index (χ1n) is 5.63. The van der Waals surface area contributed by atoms with E-state index in [9.17, 15) is 10.2 Å². The lowest BCUT2D eigenvalue weighted by molar-refractivity contribution is -0.110. The first kappa shape index (κ1) is 10.8. The Morgan fingerprint density at radius 2 is 1.79 bits per heavy atom. The molecule has 2 nitrogen and oxygen atoms in total. The van der Waals surface area contributed by atoms with E-state index in [0.29, 0.717) is 0 Å². The van der Waals surface area contributed by atoms with Crippen molar-refractivity contribution < 1.29 is 10.2 Å². The van der Waals surface area contributed by atoms with Crippen molar-refractivity contribution in [3.63, 3.8) is 0 Å². The average molecular weight is 216 g/mol. The lowest BCUT2D eigenvalue weighted by Gasteiger charge is -2.46. The van der Waals surface area contributed by atoms with Gasteiger partial charge < -0.3 is 10.2 Å². The Morgan fingerprint density at radius 3 is 2.29 bits per heavy atom. The molecule has 1 atom stereocenters. The third-order valence-corrected chi connectivity index (χ3v) is 5.28. The van der Waals surface area contributed by atoms with Crippen molar-refractivity contribution in [1.82, 2.24) is 0 Å². The fourth-order valence-corrected chi connectivity index (χ4v) is 4.39. The van der Waals surface area contributed by atoms with E-state index in [4.69, 9.17) is 0 Å². The molecule has 2 N–H and O–H groups in total. The summed E-state index contributed by atoms with van der Waals surface area (Å²) in [5.41, 5.74) is -0.748. The van der Waals surface area contributed by atoms with Crippen molar-refractivity contribution in [2.75, 3.05) is 18.1 Å². The van der Waals surface area contributed by atoms with E-state index in [1.165, 1.54) is 19.3 Å². The van der Waals surface area contributed by atoms with Crippen molar-refractivity contribution >= 4 is 11.8 Å². The topological polar surface area (TPSA) is 40.5 Å². The summed E-state index contributed by atoms with van der Waals surface area (Å²) in [4.78, 5) is 0. The van der Waals surface area contributed by atoms with Crippen LogP contribution in [-0.2, 0) is 0 Å². The number of thioether (sulfide) groups is 1. The van der Waals surface area contributed by atoms with E-state index < -0.39 is 5.60 Å². The quantitative estimate of drug-likeness (QED) is 0.739. The zero-order valence-corrected chi connectivity index (χ0v) is 9.48. The molecule has 1 saturated carbocycles. The van der Waals surface area contributed by atoms with Crippen molar-refractivity contribution in [1.29, 1.82) is 0 Å². The highest BCUT2D eigenvalue weighted by molar-refractivity contribution is 7.99. The lowest BCUT2D eigenvalue weighted by atomic mass is 9.63. The molecular weight excluding hydrogens is 196 g/mol. The van der Waals surface area contributed by atoms with Crippen molar-refractivity contribution in [2.24, 2.45) is 5.41 Å². The standard InChI is InChI=1S/C11H20O2S/c12-8-10(4-2-1-3-5-10)11(13)6-7-14-9-11/h12-13H,1-9H2. The smallest absolute Gasteiger partial charge is 0.0823 e. The Hall–Kier alpha value is 0.270. The van der Waals surface area contributed by atoms with Crippen LogP contribution < -0.4 is 0 Å². The maximum atomic E-state index is 10.6. The average Bonchev–Trinajstić information content (AvgIpc) is 2.68. The van der Waals surface area contributed by atoms with Crippen LogP contribution in [0.25, 0.3) is 0 Å². The molecule has 0 spiro atoms. The molecule has 1 heterocycles. The van der Waals surface area contributed by atoms with Crippen molar-refractivity contribution in [3.8, 4) is 0 Å². The Kier molecular flexibility index (Phi) is 3.10. The summed E-state index contributed by atoms with van der Waals surface area (Å²) < 4.78 is 0. The molecule has 2 aliphatic rings. The minimum atomic E-state index is -0.577. The maximum Gasteiger partial charge on any atom is 0.0823 e. The zero-order chi connectivity index (χ0) is 10.1. The third kappa shape index (κ3) is 1.59. The highest BCUT2D eigenvalue weighted by Gasteiger charge is 2.51. The second-order valence-corrected chi connectivity index (χ2v) is 5.94. The predicted octanol–water partition coefficient (Wildman–Crippen LogP) is 1.80. The number of rotatable bonds is 2. The lowest BCUT2D eigenvalue weighted by Crippen LogP contribution is -2.52. The summed E-state index contributed by atoms with van der Waals surface area (Å²) in [6.07, 6.45) is 6.52. The molecule has 2 fully saturated rings. The molecule has 1 aliphatic heterocycles. The maximum absolute atomic E-state index is 10.6. The normalized spacial score (nSPS) is 37.3. The Morgan fingerprint density at radius 1 is 1.07 bits per heavy atom. The summed E-state index contributed by atoms with van der Waals surface area (Å²) in [5.74, 6) is 1.88. The van der Waals surface area contributed by atoms with Gasteiger partial charge >= 0.3 is 0 Å². The number of hydrogen-bond acceptors (Lipinski definition) is 3. The van der Waals surface area contributed by atoms with Gasteiger partial charge in [-0.25, -0.2) is 0 Å². The Labute approximate surface area is 90.1 Å². The molecule has 0 aromatic heterocycles. The predicted molar refractivity (Wildman–Crippen MR) is 59.5 cm³/mol. The summed E-state index contributed by atoms with van der Waals surface area (Å²) >= 11 is 1.83. The molecule has 3 heteroatoms. The van der Waals surface area contributed by atoms with Crippen LogP contribution in [0.15, 0.2) is 0 Å². The SMILES string of the molecule is OCC1(C2(O)CCSC2)CCCCC1. The molecule has 82 valence electrons. The Balaban J connectivity index is 2.16. The van der Waals surface area contributed by atoms with E-state index in [1.54, 1.807) is 0 Å².